The molecule has 0 rings (SSSR count). The Morgan fingerprint density at radius 1 is 1.38 bits per heavy atom. The topological polar surface area (TPSA) is 44.8 Å². The zero-order valence-corrected chi connectivity index (χ0v) is 6.82. The second-order valence-corrected chi connectivity index (χ2v) is 1.61. The van der Waals surface area contributed by atoms with Crippen LogP contribution in [0.1, 0.15) is 0 Å². The molecule has 0 aliphatic rings. The fraction of sp³-hybridized carbons (Fsp3) is 1.00. The molecule has 1 unspecified atom stereocenters. The second kappa shape index (κ2) is 7.56. The molecule has 0 amide bonds. The first kappa shape index (κ1) is 11.4. The summed E-state index contributed by atoms with van der Waals surface area (Å²) < 4.78 is 18.1. The maximum absolute atomic E-state index is 9.99. The van der Waals surface area contributed by atoms with Crippen LogP contribution in [0.5, 0.6) is 0 Å². The van der Waals surface area contributed by atoms with E-state index in [9.17, 15) is 4.57 Å². The zero-order valence-electron chi connectivity index (χ0n) is 4.53. The van der Waals surface area contributed by atoms with Crippen molar-refractivity contribution in [1.82, 2.24) is 0 Å². The Morgan fingerprint density at radius 2 is 1.88 bits per heavy atom. The molecule has 0 bridgehead atoms. The first-order valence-corrected chi connectivity index (χ1v) is 2.63. The van der Waals surface area contributed by atoms with Crippen molar-refractivity contribution in [2.24, 2.45) is 0 Å². The molecule has 0 saturated heterocycles. The van der Waals surface area contributed by atoms with Gasteiger partial charge in [0.1, 0.15) is 0 Å². The van der Waals surface area contributed by atoms with Crippen LogP contribution in [0.15, 0.2) is 0 Å². The third-order valence-corrected chi connectivity index (χ3v) is 0.853. The molecule has 0 aliphatic heterocycles. The standard InChI is InChI=1S/C2H6O4P.V/c1-4-6-7(3)5-2;/h1-2H3;/q+1;+2. The molecule has 8 heavy (non-hydrogen) atoms. The van der Waals surface area contributed by atoms with Crippen LogP contribution < -0.4 is 0 Å². The van der Waals surface area contributed by atoms with Crippen molar-refractivity contribution >= 4 is 8.25 Å². The molecule has 4 nitrogen and oxygen atoms in total. The summed E-state index contributed by atoms with van der Waals surface area (Å²) in [6, 6.07) is 0. The van der Waals surface area contributed by atoms with Crippen LogP contribution in [0, 0.1) is 0 Å². The summed E-state index contributed by atoms with van der Waals surface area (Å²) >= 11 is 0. The second-order valence-electron chi connectivity index (χ2n) is 0.647. The zero-order chi connectivity index (χ0) is 5.70. The van der Waals surface area contributed by atoms with Gasteiger partial charge >= 0.3 is 26.8 Å². The predicted molar refractivity (Wildman–Crippen MR) is 22.7 cm³/mol. The van der Waals surface area contributed by atoms with E-state index in [0.29, 0.717) is 0 Å². The van der Waals surface area contributed by atoms with Crippen LogP contribution in [0.3, 0.4) is 0 Å². The fourth-order valence-corrected chi connectivity index (χ4v) is 0.274. The quantitative estimate of drug-likeness (QED) is 0.363. The SMILES string of the molecule is COO[P+](=O)OC.[V+2]. The molecule has 0 spiro atoms. The summed E-state index contributed by atoms with van der Waals surface area (Å²) in [7, 11) is 0.467. The van der Waals surface area contributed by atoms with Crippen molar-refractivity contribution < 1.29 is 37.2 Å². The van der Waals surface area contributed by atoms with Crippen molar-refractivity contribution in [2.45, 2.75) is 0 Å². The largest absolute Gasteiger partial charge is 2.00 e. The summed E-state index contributed by atoms with van der Waals surface area (Å²) in [6.07, 6.45) is 0. The Hall–Kier alpha value is 0.564. The Balaban J connectivity index is 0. The van der Waals surface area contributed by atoms with Crippen LogP contribution in [0.25, 0.3) is 0 Å². The van der Waals surface area contributed by atoms with Gasteiger partial charge in [0, 0.05) is 4.57 Å². The molecule has 0 heterocycles. The van der Waals surface area contributed by atoms with E-state index in [1.807, 2.05) is 0 Å². The summed E-state index contributed by atoms with van der Waals surface area (Å²) in [5.41, 5.74) is 0. The van der Waals surface area contributed by atoms with Gasteiger partial charge in [-0.15, -0.1) is 4.52 Å². The molecule has 6 heteroatoms. The summed E-state index contributed by atoms with van der Waals surface area (Å²) in [4.78, 5) is 3.99. The Morgan fingerprint density at radius 3 is 2.00 bits per heavy atom. The van der Waals surface area contributed by atoms with E-state index in [4.69, 9.17) is 0 Å². The number of hydrogen-bond acceptors (Lipinski definition) is 4. The Labute approximate surface area is 60.3 Å². The van der Waals surface area contributed by atoms with E-state index in [1.165, 1.54) is 14.2 Å². The first-order chi connectivity index (χ1) is 3.31. The van der Waals surface area contributed by atoms with Gasteiger partial charge in [-0.1, -0.05) is 0 Å². The Kier molecular flexibility index (Phi) is 10.8. The molecule has 0 aromatic rings. The van der Waals surface area contributed by atoms with Crippen LogP contribution in [-0.4, -0.2) is 14.2 Å². The van der Waals surface area contributed by atoms with Gasteiger partial charge in [0.05, 0.1) is 18.9 Å². The van der Waals surface area contributed by atoms with Crippen LogP contribution >= 0.6 is 8.25 Å². The van der Waals surface area contributed by atoms with Crippen molar-refractivity contribution in [3.63, 3.8) is 0 Å². The molecular weight excluding hydrogens is 170 g/mol. The smallest absolute Gasteiger partial charge is 0.191 e. The summed E-state index contributed by atoms with van der Waals surface area (Å²) in [6.45, 7) is 0. The van der Waals surface area contributed by atoms with Gasteiger partial charge in [-0.2, -0.15) is 4.89 Å². The molecule has 45 valence electrons. The van der Waals surface area contributed by atoms with Crippen molar-refractivity contribution in [3.8, 4) is 0 Å². The average Bonchev–Trinajstić information content (AvgIpc) is 1.68. The molecule has 0 aliphatic carbocycles. The van der Waals surface area contributed by atoms with Gasteiger partial charge in [-0.25, -0.2) is 0 Å². The minimum absolute atomic E-state index is 0. The third kappa shape index (κ3) is 6.56. The van der Waals surface area contributed by atoms with E-state index in [-0.39, 0.29) is 18.6 Å². The monoisotopic (exact) mass is 176 g/mol. The van der Waals surface area contributed by atoms with E-state index < -0.39 is 8.25 Å². The molecule has 0 N–H and O–H groups in total. The van der Waals surface area contributed by atoms with E-state index in [0.717, 1.165) is 0 Å². The number of hydrogen-bond donors (Lipinski definition) is 0. The Bertz CT molecular complexity index is 67.1. The maximum atomic E-state index is 9.99. The average molecular weight is 176 g/mol. The maximum Gasteiger partial charge on any atom is 2.00 e. The van der Waals surface area contributed by atoms with Crippen molar-refractivity contribution in [2.75, 3.05) is 14.2 Å². The molecule has 1 radical (unpaired) electrons. The van der Waals surface area contributed by atoms with Crippen molar-refractivity contribution in [1.29, 1.82) is 0 Å². The molecule has 0 aromatic carbocycles. The summed E-state index contributed by atoms with van der Waals surface area (Å²) in [5, 5.41) is 0. The first-order valence-electron chi connectivity index (χ1n) is 1.53. The van der Waals surface area contributed by atoms with Gasteiger partial charge in [0.2, 0.25) is 0 Å². The van der Waals surface area contributed by atoms with Crippen LogP contribution in [0.4, 0.5) is 0 Å². The summed E-state index contributed by atoms with van der Waals surface area (Å²) in [5.74, 6) is 0. The van der Waals surface area contributed by atoms with Crippen molar-refractivity contribution in [3.05, 3.63) is 0 Å². The molecular formula is C2H6O4PV+3. The van der Waals surface area contributed by atoms with Gasteiger partial charge < -0.3 is 0 Å². The van der Waals surface area contributed by atoms with E-state index >= 15 is 0 Å². The molecule has 0 saturated carbocycles. The minimum Gasteiger partial charge on any atom is -0.191 e. The third-order valence-electron chi connectivity index (χ3n) is 0.284. The van der Waals surface area contributed by atoms with E-state index in [1.54, 1.807) is 0 Å². The predicted octanol–water partition coefficient (Wildman–Crippen LogP) is 0.866. The van der Waals surface area contributed by atoms with Crippen LogP contribution in [0.2, 0.25) is 0 Å². The van der Waals surface area contributed by atoms with Gasteiger partial charge in [0.25, 0.3) is 0 Å². The van der Waals surface area contributed by atoms with Gasteiger partial charge in [-0.05, 0) is 0 Å². The molecule has 1 atom stereocenters. The fourth-order valence-electron chi connectivity index (χ4n) is 0.0913. The normalized spacial score (nSPS) is 10.0. The van der Waals surface area contributed by atoms with Crippen LogP contribution in [-0.2, 0) is 37.2 Å². The van der Waals surface area contributed by atoms with E-state index in [2.05, 4.69) is 14.1 Å². The number of rotatable bonds is 3. The molecule has 0 fully saturated rings. The minimum atomic E-state index is -2.05. The molecule has 0 aromatic heterocycles. The van der Waals surface area contributed by atoms with Gasteiger partial charge in [0.15, 0.2) is 0 Å². The van der Waals surface area contributed by atoms with Gasteiger partial charge in [-0.3, -0.25) is 0 Å².